The van der Waals surface area contributed by atoms with Gasteiger partial charge in [-0.05, 0) is 19.8 Å². The summed E-state index contributed by atoms with van der Waals surface area (Å²) in [5.74, 6) is -0.0586. The Morgan fingerprint density at radius 2 is 2.21 bits per heavy atom. The molecule has 0 N–H and O–H groups in total. The van der Waals surface area contributed by atoms with Gasteiger partial charge < -0.3 is 9.64 Å². The highest BCUT2D eigenvalue weighted by atomic mass is 32.1. The highest BCUT2D eigenvalue weighted by Crippen LogP contribution is 2.28. The zero-order chi connectivity index (χ0) is 13.4. The van der Waals surface area contributed by atoms with E-state index < -0.39 is 0 Å². The molecule has 0 amide bonds. The van der Waals surface area contributed by atoms with E-state index in [1.165, 1.54) is 7.11 Å². The number of aryl methyl sites for hydroxylation is 1. The Morgan fingerprint density at radius 1 is 1.47 bits per heavy atom. The Balaban J connectivity index is 1.70. The maximum absolute atomic E-state index is 11.5. The number of anilines is 1. The van der Waals surface area contributed by atoms with E-state index in [0.29, 0.717) is 0 Å². The molecule has 0 saturated carbocycles. The fourth-order valence-corrected chi connectivity index (χ4v) is 3.38. The third-order valence-corrected chi connectivity index (χ3v) is 4.44. The van der Waals surface area contributed by atoms with Gasteiger partial charge in [-0.1, -0.05) is 11.3 Å². The van der Waals surface area contributed by atoms with Gasteiger partial charge in [0.15, 0.2) is 0 Å². The molecule has 7 heteroatoms. The number of esters is 1. The van der Waals surface area contributed by atoms with Crippen LogP contribution in [0.1, 0.15) is 18.5 Å². The van der Waals surface area contributed by atoms with Gasteiger partial charge >= 0.3 is 5.97 Å². The summed E-state index contributed by atoms with van der Waals surface area (Å²) in [5, 5.41) is 5.51. The summed E-state index contributed by atoms with van der Waals surface area (Å²) in [6.45, 7) is 3.65. The van der Waals surface area contributed by atoms with Crippen molar-refractivity contribution >= 4 is 27.4 Å². The molecule has 19 heavy (non-hydrogen) atoms. The first-order valence-electron chi connectivity index (χ1n) is 6.33. The monoisotopic (exact) mass is 280 g/mol. The molecule has 0 bridgehead atoms. The van der Waals surface area contributed by atoms with E-state index in [-0.39, 0.29) is 11.9 Å². The van der Waals surface area contributed by atoms with Crippen LogP contribution >= 0.6 is 11.3 Å². The number of carbonyl (C=O) groups excluding carboxylic acids is 1. The summed E-state index contributed by atoms with van der Waals surface area (Å²) >= 11 is 1.59. The van der Waals surface area contributed by atoms with Crippen LogP contribution in [0.4, 0.5) is 5.13 Å². The fourth-order valence-electron chi connectivity index (χ4n) is 2.40. The van der Waals surface area contributed by atoms with Gasteiger partial charge in [0.25, 0.3) is 0 Å². The summed E-state index contributed by atoms with van der Waals surface area (Å²) in [5.41, 5.74) is 0.981. The maximum atomic E-state index is 11.5. The predicted molar refractivity (Wildman–Crippen MR) is 72.6 cm³/mol. The SMILES string of the molecule is COC(=O)C1CCN(c2nn3cc(C)nc3s2)CC1. The first-order valence-corrected chi connectivity index (χ1v) is 7.14. The number of aromatic nitrogens is 3. The smallest absolute Gasteiger partial charge is 0.308 e. The second kappa shape index (κ2) is 4.80. The quantitative estimate of drug-likeness (QED) is 0.780. The standard InChI is InChI=1S/C12H16N4O2S/c1-8-7-16-11(13-8)19-12(14-16)15-5-3-9(4-6-15)10(17)18-2/h7,9H,3-6H2,1-2H3. The minimum Gasteiger partial charge on any atom is -0.469 e. The van der Waals surface area contributed by atoms with E-state index in [1.54, 1.807) is 11.3 Å². The summed E-state index contributed by atoms with van der Waals surface area (Å²) in [6.07, 6.45) is 3.58. The number of piperidine rings is 1. The Hall–Kier alpha value is -1.63. The molecule has 0 aliphatic carbocycles. The van der Waals surface area contributed by atoms with Gasteiger partial charge in [0.1, 0.15) is 0 Å². The summed E-state index contributed by atoms with van der Waals surface area (Å²) in [6, 6.07) is 0. The van der Waals surface area contributed by atoms with Crippen LogP contribution in [-0.2, 0) is 9.53 Å². The lowest BCUT2D eigenvalue weighted by atomic mass is 9.97. The summed E-state index contributed by atoms with van der Waals surface area (Å²) in [7, 11) is 1.45. The van der Waals surface area contributed by atoms with Gasteiger partial charge in [-0.3, -0.25) is 4.79 Å². The fraction of sp³-hybridized carbons (Fsp3) is 0.583. The molecule has 0 radical (unpaired) electrons. The molecule has 0 spiro atoms. The van der Waals surface area contributed by atoms with Gasteiger partial charge in [0.2, 0.25) is 10.1 Å². The van der Waals surface area contributed by atoms with Crippen LogP contribution in [0.3, 0.4) is 0 Å². The van der Waals surface area contributed by atoms with Crippen molar-refractivity contribution < 1.29 is 9.53 Å². The van der Waals surface area contributed by atoms with Gasteiger partial charge in [0, 0.05) is 13.1 Å². The van der Waals surface area contributed by atoms with E-state index >= 15 is 0 Å². The zero-order valence-corrected chi connectivity index (χ0v) is 11.8. The highest BCUT2D eigenvalue weighted by Gasteiger charge is 2.27. The van der Waals surface area contributed by atoms with Crippen molar-refractivity contribution in [3.63, 3.8) is 0 Å². The molecule has 0 atom stereocenters. The van der Waals surface area contributed by atoms with Crippen LogP contribution in [0.25, 0.3) is 4.96 Å². The van der Waals surface area contributed by atoms with Crippen molar-refractivity contribution in [2.45, 2.75) is 19.8 Å². The first-order chi connectivity index (χ1) is 9.17. The topological polar surface area (TPSA) is 59.7 Å². The molecule has 2 aromatic rings. The predicted octanol–water partition coefficient (Wildman–Crippen LogP) is 1.49. The minimum absolute atomic E-state index is 0.0348. The van der Waals surface area contributed by atoms with E-state index in [1.807, 2.05) is 17.6 Å². The molecule has 102 valence electrons. The minimum atomic E-state index is -0.0933. The molecule has 0 unspecified atom stereocenters. The number of hydrogen-bond donors (Lipinski definition) is 0. The Bertz CT molecular complexity index is 566. The third kappa shape index (κ3) is 2.30. The normalized spacial score (nSPS) is 17.1. The first kappa shape index (κ1) is 12.4. The number of rotatable bonds is 2. The lowest BCUT2D eigenvalue weighted by Crippen LogP contribution is -2.36. The largest absolute Gasteiger partial charge is 0.469 e. The molecule has 1 saturated heterocycles. The molecule has 1 aliphatic heterocycles. The van der Waals surface area contributed by atoms with E-state index in [0.717, 1.165) is 41.7 Å². The number of imidazole rings is 1. The lowest BCUT2D eigenvalue weighted by molar-refractivity contribution is -0.146. The average Bonchev–Trinajstić information content (AvgIpc) is 2.95. The van der Waals surface area contributed by atoms with Crippen LogP contribution in [0.15, 0.2) is 6.20 Å². The Kier molecular flexibility index (Phi) is 3.14. The second-order valence-electron chi connectivity index (χ2n) is 4.78. The van der Waals surface area contributed by atoms with Crippen molar-refractivity contribution in [3.05, 3.63) is 11.9 Å². The van der Waals surface area contributed by atoms with E-state index in [2.05, 4.69) is 15.0 Å². The summed E-state index contributed by atoms with van der Waals surface area (Å²) < 4.78 is 6.62. The van der Waals surface area contributed by atoms with Crippen molar-refractivity contribution in [3.8, 4) is 0 Å². The molecule has 2 aromatic heterocycles. The number of methoxy groups -OCH3 is 1. The average molecular weight is 280 g/mol. The van der Waals surface area contributed by atoms with Crippen LogP contribution in [0.2, 0.25) is 0 Å². The van der Waals surface area contributed by atoms with Crippen molar-refractivity contribution in [1.82, 2.24) is 14.6 Å². The number of carbonyl (C=O) groups is 1. The molecule has 6 nitrogen and oxygen atoms in total. The zero-order valence-electron chi connectivity index (χ0n) is 11.0. The lowest BCUT2D eigenvalue weighted by Gasteiger charge is -2.29. The molecular formula is C12H16N4O2S. The van der Waals surface area contributed by atoms with Crippen molar-refractivity contribution in [2.24, 2.45) is 5.92 Å². The van der Waals surface area contributed by atoms with Crippen LogP contribution < -0.4 is 4.90 Å². The van der Waals surface area contributed by atoms with Gasteiger partial charge in [0.05, 0.1) is 24.9 Å². The number of nitrogens with zero attached hydrogens (tertiary/aromatic N) is 4. The molecular weight excluding hydrogens is 264 g/mol. The van der Waals surface area contributed by atoms with Crippen LogP contribution in [0, 0.1) is 12.8 Å². The molecule has 3 heterocycles. The number of ether oxygens (including phenoxy) is 1. The van der Waals surface area contributed by atoms with Crippen molar-refractivity contribution in [1.29, 1.82) is 0 Å². The second-order valence-corrected chi connectivity index (χ2v) is 5.71. The summed E-state index contributed by atoms with van der Waals surface area (Å²) in [4.78, 5) is 19.0. The maximum Gasteiger partial charge on any atom is 0.308 e. The highest BCUT2D eigenvalue weighted by molar-refractivity contribution is 7.20. The number of fused-ring (bicyclic) bond motifs is 1. The molecule has 0 aromatic carbocycles. The molecule has 3 rings (SSSR count). The van der Waals surface area contributed by atoms with Gasteiger partial charge in [-0.25, -0.2) is 9.50 Å². The Morgan fingerprint density at radius 3 is 2.84 bits per heavy atom. The van der Waals surface area contributed by atoms with Crippen LogP contribution in [0.5, 0.6) is 0 Å². The number of hydrogen-bond acceptors (Lipinski definition) is 6. The van der Waals surface area contributed by atoms with E-state index in [4.69, 9.17) is 4.74 Å². The van der Waals surface area contributed by atoms with Crippen molar-refractivity contribution in [2.75, 3.05) is 25.1 Å². The molecule has 1 fully saturated rings. The van der Waals surface area contributed by atoms with Gasteiger partial charge in [-0.2, -0.15) is 0 Å². The Labute approximate surface area is 115 Å². The third-order valence-electron chi connectivity index (χ3n) is 3.45. The van der Waals surface area contributed by atoms with Crippen LogP contribution in [-0.4, -0.2) is 40.8 Å². The molecule has 1 aliphatic rings. The van der Waals surface area contributed by atoms with E-state index in [9.17, 15) is 4.79 Å². The van der Waals surface area contributed by atoms with Gasteiger partial charge in [-0.15, -0.1) is 5.10 Å².